The number of unbranched alkanes of at least 4 members (excludes halogenated alkanes) is 19. The van der Waals surface area contributed by atoms with E-state index in [0.717, 1.165) is 89.9 Å². The van der Waals surface area contributed by atoms with E-state index in [0.29, 0.717) is 6.42 Å². The van der Waals surface area contributed by atoms with Crippen molar-refractivity contribution in [3.63, 3.8) is 0 Å². The third-order valence-corrected chi connectivity index (χ3v) is 8.77. The number of esters is 1. The highest BCUT2D eigenvalue weighted by Gasteiger charge is 2.14. The van der Waals surface area contributed by atoms with E-state index in [1.54, 1.807) is 0 Å². The fraction of sp³-hybridized carbons (Fsp3) is 0.767. The fourth-order valence-corrected chi connectivity index (χ4v) is 5.76. The Morgan fingerprint density at radius 3 is 1.34 bits per heavy atom. The maximum atomic E-state index is 12.7. The molecule has 1 atom stereocenters. The van der Waals surface area contributed by atoms with E-state index >= 15 is 0 Å². The molecule has 0 saturated heterocycles. The molecule has 0 bridgehead atoms. The molecule has 0 amide bonds. The van der Waals surface area contributed by atoms with Crippen molar-refractivity contribution in [1.29, 1.82) is 0 Å². The number of aliphatic carboxylic acids is 1. The summed E-state index contributed by atoms with van der Waals surface area (Å²) in [4.78, 5) is 23.4. The average Bonchev–Trinajstić information content (AvgIpc) is 3.05. The monoisotopic (exact) mass is 657 g/mol. The lowest BCUT2D eigenvalue weighted by atomic mass is 10.0. The third kappa shape index (κ3) is 38.2. The number of carbonyl (C=O) groups is 2. The number of hydrogen-bond acceptors (Lipinski definition) is 3. The van der Waals surface area contributed by atoms with Crippen LogP contribution in [0.15, 0.2) is 48.6 Å². The van der Waals surface area contributed by atoms with Crippen molar-refractivity contribution in [2.24, 2.45) is 0 Å². The van der Waals surface area contributed by atoms with Gasteiger partial charge in [-0.25, -0.2) is 0 Å². The van der Waals surface area contributed by atoms with Gasteiger partial charge in [-0.05, 0) is 96.3 Å². The molecule has 1 unspecified atom stereocenters. The number of rotatable bonds is 36. The second kappa shape index (κ2) is 38.3. The molecule has 1 N–H and O–H groups in total. The molecule has 0 fully saturated rings. The van der Waals surface area contributed by atoms with Gasteiger partial charge < -0.3 is 9.84 Å². The quantitative estimate of drug-likeness (QED) is 0.0414. The van der Waals surface area contributed by atoms with Crippen molar-refractivity contribution in [3.05, 3.63) is 48.6 Å². The van der Waals surface area contributed by atoms with Crippen LogP contribution in [0.1, 0.15) is 206 Å². The van der Waals surface area contributed by atoms with Crippen LogP contribution in [0.2, 0.25) is 0 Å². The van der Waals surface area contributed by atoms with E-state index in [-0.39, 0.29) is 18.5 Å². The molecule has 0 rings (SSSR count). The van der Waals surface area contributed by atoms with Gasteiger partial charge in [0.2, 0.25) is 0 Å². The van der Waals surface area contributed by atoms with Crippen LogP contribution in [0.3, 0.4) is 0 Å². The Morgan fingerprint density at radius 1 is 0.468 bits per heavy atom. The zero-order chi connectivity index (χ0) is 34.3. The third-order valence-electron chi connectivity index (χ3n) is 8.77. The molecule has 4 nitrogen and oxygen atoms in total. The van der Waals surface area contributed by atoms with Crippen LogP contribution in [0.4, 0.5) is 0 Å². The maximum Gasteiger partial charge on any atom is 0.306 e. The summed E-state index contributed by atoms with van der Waals surface area (Å²) in [6, 6.07) is 0. The number of ether oxygens (including phenoxy) is 1. The molecule has 4 heteroatoms. The fourth-order valence-electron chi connectivity index (χ4n) is 5.76. The zero-order valence-corrected chi connectivity index (χ0v) is 31.1. The van der Waals surface area contributed by atoms with Gasteiger partial charge in [-0.1, -0.05) is 146 Å². The van der Waals surface area contributed by atoms with Crippen LogP contribution in [0, 0.1) is 0 Å². The van der Waals surface area contributed by atoms with E-state index in [2.05, 4.69) is 62.5 Å². The SMILES string of the molecule is CCCC/C=C\C/C=C\CCCCCCCC(=O)OC(CCCCC/C=C\C/C=C\CCCCCCC)CCCCCCCC(=O)O. The Morgan fingerprint density at radius 2 is 0.851 bits per heavy atom. The summed E-state index contributed by atoms with van der Waals surface area (Å²) in [7, 11) is 0. The number of carboxylic acid groups (broad SMARTS) is 1. The van der Waals surface area contributed by atoms with Crippen LogP contribution in [0.5, 0.6) is 0 Å². The van der Waals surface area contributed by atoms with Gasteiger partial charge in [-0.3, -0.25) is 9.59 Å². The first-order valence-corrected chi connectivity index (χ1v) is 20.1. The minimum atomic E-state index is -0.707. The zero-order valence-electron chi connectivity index (χ0n) is 31.1. The van der Waals surface area contributed by atoms with Gasteiger partial charge in [0.05, 0.1) is 0 Å². The van der Waals surface area contributed by atoms with Crippen molar-refractivity contribution >= 4 is 11.9 Å². The number of carboxylic acids is 1. The molecule has 0 aromatic carbocycles. The molecule has 0 saturated carbocycles. The van der Waals surface area contributed by atoms with Gasteiger partial charge in [0.25, 0.3) is 0 Å². The lowest BCUT2D eigenvalue weighted by Crippen LogP contribution is -2.18. The Hall–Kier alpha value is -2.10. The Bertz CT molecular complexity index is 794. The second-order valence-electron chi connectivity index (χ2n) is 13.5. The summed E-state index contributed by atoms with van der Waals surface area (Å²) in [6.07, 6.45) is 51.2. The first kappa shape index (κ1) is 44.9. The van der Waals surface area contributed by atoms with Gasteiger partial charge in [-0.15, -0.1) is 0 Å². The van der Waals surface area contributed by atoms with E-state index < -0.39 is 5.97 Å². The molecular formula is C43H76O4. The summed E-state index contributed by atoms with van der Waals surface area (Å²) in [5.74, 6) is -0.732. The van der Waals surface area contributed by atoms with Crippen LogP contribution in [0.25, 0.3) is 0 Å². The number of carbonyl (C=O) groups excluding carboxylic acids is 1. The predicted octanol–water partition coefficient (Wildman–Crippen LogP) is 14.0. The first-order chi connectivity index (χ1) is 23.1. The van der Waals surface area contributed by atoms with Gasteiger partial charge in [0, 0.05) is 12.8 Å². The van der Waals surface area contributed by atoms with E-state index in [1.165, 1.54) is 89.9 Å². The van der Waals surface area contributed by atoms with Crippen LogP contribution < -0.4 is 0 Å². The molecule has 0 aliphatic carbocycles. The lowest BCUT2D eigenvalue weighted by molar-refractivity contribution is -0.150. The highest BCUT2D eigenvalue weighted by molar-refractivity contribution is 5.69. The van der Waals surface area contributed by atoms with Crippen molar-refractivity contribution in [2.45, 2.75) is 213 Å². The highest BCUT2D eigenvalue weighted by Crippen LogP contribution is 2.18. The average molecular weight is 657 g/mol. The predicted molar refractivity (Wildman–Crippen MR) is 204 cm³/mol. The standard InChI is InChI=1S/C43H76O4/c1-3-5-7-9-11-13-15-17-19-20-22-24-26-29-33-37-41(38-34-30-28-31-35-39-42(44)45)47-43(46)40-36-32-27-25-23-21-18-16-14-12-10-8-6-4-2/h10,12,15-18,20,22,41H,3-9,11,13-14,19,21,23-40H2,1-2H3,(H,44,45)/b12-10-,17-15-,18-16-,22-20-. The van der Waals surface area contributed by atoms with Crippen molar-refractivity contribution < 1.29 is 19.4 Å². The molecule has 0 aliphatic rings. The largest absolute Gasteiger partial charge is 0.481 e. The number of allylic oxidation sites excluding steroid dienone is 8. The topological polar surface area (TPSA) is 63.6 Å². The van der Waals surface area contributed by atoms with Gasteiger partial charge in [0.15, 0.2) is 0 Å². The second-order valence-corrected chi connectivity index (χ2v) is 13.5. The van der Waals surface area contributed by atoms with Crippen LogP contribution in [-0.4, -0.2) is 23.1 Å². The van der Waals surface area contributed by atoms with Crippen LogP contribution in [-0.2, 0) is 14.3 Å². The van der Waals surface area contributed by atoms with E-state index in [9.17, 15) is 9.59 Å². The molecule has 0 spiro atoms. The highest BCUT2D eigenvalue weighted by atomic mass is 16.5. The molecular weight excluding hydrogens is 580 g/mol. The summed E-state index contributed by atoms with van der Waals surface area (Å²) in [5.41, 5.74) is 0. The van der Waals surface area contributed by atoms with Gasteiger partial charge >= 0.3 is 11.9 Å². The molecule has 47 heavy (non-hydrogen) atoms. The van der Waals surface area contributed by atoms with Gasteiger partial charge in [-0.2, -0.15) is 0 Å². The summed E-state index contributed by atoms with van der Waals surface area (Å²) in [6.45, 7) is 4.50. The minimum absolute atomic E-state index is 0.0247. The van der Waals surface area contributed by atoms with Crippen LogP contribution >= 0.6 is 0 Å². The van der Waals surface area contributed by atoms with Gasteiger partial charge in [0.1, 0.15) is 6.10 Å². The molecule has 0 aliphatic heterocycles. The van der Waals surface area contributed by atoms with Crippen molar-refractivity contribution in [3.8, 4) is 0 Å². The van der Waals surface area contributed by atoms with Crippen molar-refractivity contribution in [1.82, 2.24) is 0 Å². The Balaban J connectivity index is 4.14. The smallest absolute Gasteiger partial charge is 0.306 e. The summed E-state index contributed by atoms with van der Waals surface area (Å²) < 4.78 is 5.99. The summed E-state index contributed by atoms with van der Waals surface area (Å²) in [5, 5.41) is 8.82. The van der Waals surface area contributed by atoms with Crippen molar-refractivity contribution in [2.75, 3.05) is 0 Å². The number of hydrogen-bond donors (Lipinski definition) is 1. The summed E-state index contributed by atoms with van der Waals surface area (Å²) >= 11 is 0. The Kier molecular flexibility index (Phi) is 36.6. The molecule has 0 heterocycles. The Labute approximate surface area is 292 Å². The first-order valence-electron chi connectivity index (χ1n) is 20.1. The van der Waals surface area contributed by atoms with E-state index in [4.69, 9.17) is 9.84 Å². The minimum Gasteiger partial charge on any atom is -0.481 e. The molecule has 0 aromatic heterocycles. The molecule has 0 aromatic rings. The normalized spacial score (nSPS) is 12.7. The molecule has 0 radical (unpaired) electrons. The lowest BCUT2D eigenvalue weighted by Gasteiger charge is -2.18. The maximum absolute atomic E-state index is 12.7. The van der Waals surface area contributed by atoms with E-state index in [1.807, 2.05) is 0 Å². The molecule has 272 valence electrons.